The summed E-state index contributed by atoms with van der Waals surface area (Å²) in [5.74, 6) is -0.430. The summed E-state index contributed by atoms with van der Waals surface area (Å²) in [7, 11) is 1.32. The first-order chi connectivity index (χ1) is 9.97. The predicted molar refractivity (Wildman–Crippen MR) is 78.5 cm³/mol. The molecule has 0 N–H and O–H groups in total. The first-order valence-corrected chi connectivity index (χ1v) is 7.00. The van der Waals surface area contributed by atoms with Gasteiger partial charge in [0.15, 0.2) is 6.21 Å². The number of esters is 1. The van der Waals surface area contributed by atoms with Crippen molar-refractivity contribution in [1.82, 2.24) is 0 Å². The number of ether oxygens (including phenoxy) is 1. The van der Waals surface area contributed by atoms with Gasteiger partial charge in [0.05, 0.1) is 12.7 Å². The highest BCUT2D eigenvalue weighted by atomic mass is 16.5. The third-order valence-electron chi connectivity index (χ3n) is 4.00. The third-order valence-corrected chi connectivity index (χ3v) is 4.00. The van der Waals surface area contributed by atoms with Crippen molar-refractivity contribution in [2.24, 2.45) is 0 Å². The van der Waals surface area contributed by atoms with Gasteiger partial charge >= 0.3 is 5.97 Å². The molecule has 1 aromatic rings. The summed E-state index contributed by atoms with van der Waals surface area (Å²) in [6.07, 6.45) is 4.19. The molecule has 0 saturated heterocycles. The van der Waals surface area contributed by atoms with Crippen molar-refractivity contribution in [2.45, 2.75) is 38.1 Å². The van der Waals surface area contributed by atoms with Crippen molar-refractivity contribution < 1.29 is 19.1 Å². The molecule has 2 rings (SSSR count). The van der Waals surface area contributed by atoms with Crippen molar-refractivity contribution in [3.05, 3.63) is 40.6 Å². The molecule has 0 radical (unpaired) electrons. The average molecular weight is 289 g/mol. The van der Waals surface area contributed by atoms with Crippen LogP contribution in [0, 0.1) is 5.21 Å². The molecule has 0 aromatic heterocycles. The summed E-state index contributed by atoms with van der Waals surface area (Å²) in [6, 6.07) is 6.51. The minimum atomic E-state index is -0.973. The second kappa shape index (κ2) is 6.08. The fourth-order valence-corrected chi connectivity index (χ4v) is 2.50. The number of hydrogen-bond acceptors (Lipinski definition) is 4. The van der Waals surface area contributed by atoms with Crippen LogP contribution in [0.2, 0.25) is 0 Å². The fraction of sp³-hybridized carbons (Fsp3) is 0.438. The first-order valence-electron chi connectivity index (χ1n) is 7.00. The summed E-state index contributed by atoms with van der Waals surface area (Å²) in [5, 5.41) is 12.3. The van der Waals surface area contributed by atoms with Crippen LogP contribution in [-0.2, 0) is 9.53 Å². The van der Waals surface area contributed by atoms with Crippen molar-refractivity contribution in [3.63, 3.8) is 0 Å². The van der Waals surface area contributed by atoms with Gasteiger partial charge in [0.25, 0.3) is 0 Å². The predicted octanol–water partition coefficient (Wildman–Crippen LogP) is 2.30. The Morgan fingerprint density at radius 2 is 2.00 bits per heavy atom. The van der Waals surface area contributed by atoms with E-state index in [0.29, 0.717) is 24.0 Å². The number of benzene rings is 1. The molecule has 1 saturated carbocycles. The Balaban J connectivity index is 2.22. The summed E-state index contributed by atoms with van der Waals surface area (Å²) >= 11 is 0. The van der Waals surface area contributed by atoms with E-state index in [4.69, 9.17) is 0 Å². The number of hydrogen-bond donors (Lipinski definition) is 0. The highest BCUT2D eigenvalue weighted by molar-refractivity contribution is 5.91. The van der Waals surface area contributed by atoms with E-state index < -0.39 is 11.5 Å². The number of Topliss-reactive ketones (excluding diaryl/α,β-unsaturated/α-hetero) is 1. The third kappa shape index (κ3) is 3.12. The van der Waals surface area contributed by atoms with Crippen LogP contribution in [-0.4, -0.2) is 35.4 Å². The summed E-state index contributed by atoms with van der Waals surface area (Å²) < 4.78 is 5.37. The van der Waals surface area contributed by atoms with E-state index in [9.17, 15) is 14.8 Å². The SMILES string of the molecule is COC(=O)c1ccc(/C=[N+](/[O-])C2(C)CCCCC2=O)cc1. The minimum Gasteiger partial charge on any atom is -0.623 e. The van der Waals surface area contributed by atoms with Crippen molar-refractivity contribution in [2.75, 3.05) is 7.11 Å². The van der Waals surface area contributed by atoms with E-state index in [0.717, 1.165) is 17.6 Å². The van der Waals surface area contributed by atoms with Gasteiger partial charge in [-0.1, -0.05) is 0 Å². The standard InChI is InChI=1S/C16H19NO4/c1-16(10-4-3-5-14(16)18)17(20)11-12-6-8-13(9-7-12)15(19)21-2/h6-9,11H,3-5,10H2,1-2H3/b17-11+. The van der Waals surface area contributed by atoms with E-state index in [1.54, 1.807) is 31.2 Å². The smallest absolute Gasteiger partial charge is 0.337 e. The zero-order chi connectivity index (χ0) is 15.5. The van der Waals surface area contributed by atoms with Crippen LogP contribution >= 0.6 is 0 Å². The molecule has 0 spiro atoms. The monoisotopic (exact) mass is 289 g/mol. The van der Waals surface area contributed by atoms with E-state index in [1.807, 2.05) is 0 Å². The van der Waals surface area contributed by atoms with Crippen LogP contribution in [0.1, 0.15) is 48.5 Å². The van der Waals surface area contributed by atoms with Gasteiger partial charge in [0, 0.05) is 25.3 Å². The normalized spacial score (nSPS) is 23.0. The number of nitrogens with zero attached hydrogens (tertiary/aromatic N) is 1. The maximum absolute atomic E-state index is 12.3. The van der Waals surface area contributed by atoms with Gasteiger partial charge in [-0.3, -0.25) is 4.79 Å². The van der Waals surface area contributed by atoms with E-state index in [2.05, 4.69) is 4.74 Å². The molecule has 5 heteroatoms. The molecule has 112 valence electrons. The molecule has 0 aliphatic heterocycles. The molecule has 5 nitrogen and oxygen atoms in total. The summed E-state index contributed by atoms with van der Waals surface area (Å²) in [4.78, 5) is 23.3. The summed E-state index contributed by atoms with van der Waals surface area (Å²) in [5.41, 5.74) is 0.100. The maximum atomic E-state index is 12.3. The molecule has 0 amide bonds. The van der Waals surface area contributed by atoms with Crippen LogP contribution < -0.4 is 0 Å². The van der Waals surface area contributed by atoms with Gasteiger partial charge in [-0.25, -0.2) is 4.79 Å². The number of carbonyl (C=O) groups is 2. The molecule has 1 atom stereocenters. The van der Waals surface area contributed by atoms with Gasteiger partial charge in [0.1, 0.15) is 0 Å². The highest BCUT2D eigenvalue weighted by Crippen LogP contribution is 2.27. The number of ketones is 1. The zero-order valence-corrected chi connectivity index (χ0v) is 12.3. The molecule has 1 aliphatic carbocycles. The Morgan fingerprint density at radius 1 is 1.33 bits per heavy atom. The summed E-state index contributed by atoms with van der Waals surface area (Å²) in [6.45, 7) is 1.70. The molecule has 0 bridgehead atoms. The first kappa shape index (κ1) is 15.2. The Bertz CT molecular complexity index is 576. The van der Waals surface area contributed by atoms with Crippen LogP contribution in [0.3, 0.4) is 0 Å². The largest absolute Gasteiger partial charge is 0.623 e. The van der Waals surface area contributed by atoms with Crippen molar-refractivity contribution in [3.8, 4) is 0 Å². The lowest BCUT2D eigenvalue weighted by molar-refractivity contribution is -0.525. The van der Waals surface area contributed by atoms with Gasteiger partial charge in [0.2, 0.25) is 11.3 Å². The van der Waals surface area contributed by atoms with E-state index >= 15 is 0 Å². The molecular weight excluding hydrogens is 270 g/mol. The molecule has 21 heavy (non-hydrogen) atoms. The number of hydroxylamine groups is 1. The van der Waals surface area contributed by atoms with E-state index in [-0.39, 0.29) is 5.78 Å². The molecule has 1 unspecified atom stereocenters. The Kier molecular flexibility index (Phi) is 4.40. The second-order valence-electron chi connectivity index (χ2n) is 5.47. The molecule has 1 fully saturated rings. The lowest BCUT2D eigenvalue weighted by Gasteiger charge is -2.30. The van der Waals surface area contributed by atoms with Gasteiger partial charge in [-0.2, -0.15) is 4.74 Å². The molecule has 1 aromatic carbocycles. The Labute approximate surface area is 123 Å². The highest BCUT2D eigenvalue weighted by Gasteiger charge is 2.42. The number of methoxy groups -OCH3 is 1. The topological polar surface area (TPSA) is 69.4 Å². The lowest BCUT2D eigenvalue weighted by Crippen LogP contribution is -2.46. The van der Waals surface area contributed by atoms with Gasteiger partial charge in [-0.15, -0.1) is 0 Å². The quantitative estimate of drug-likeness (QED) is 0.281. The Morgan fingerprint density at radius 3 is 2.57 bits per heavy atom. The van der Waals surface area contributed by atoms with Crippen LogP contribution in [0.15, 0.2) is 24.3 Å². The van der Waals surface area contributed by atoms with E-state index in [1.165, 1.54) is 13.3 Å². The second-order valence-corrected chi connectivity index (χ2v) is 5.47. The van der Waals surface area contributed by atoms with Gasteiger partial charge in [-0.05, 0) is 37.1 Å². The minimum absolute atomic E-state index is 0.00817. The lowest BCUT2D eigenvalue weighted by atomic mass is 9.82. The van der Waals surface area contributed by atoms with Crippen LogP contribution in [0.25, 0.3) is 0 Å². The maximum Gasteiger partial charge on any atom is 0.337 e. The van der Waals surface area contributed by atoms with Crippen LogP contribution in [0.5, 0.6) is 0 Å². The molecular formula is C16H19NO4. The van der Waals surface area contributed by atoms with Crippen LogP contribution in [0.4, 0.5) is 0 Å². The molecule has 0 heterocycles. The van der Waals surface area contributed by atoms with Gasteiger partial charge < -0.3 is 9.94 Å². The number of rotatable bonds is 3. The number of carbonyl (C=O) groups excluding carboxylic acids is 2. The molecule has 1 aliphatic rings. The zero-order valence-electron chi connectivity index (χ0n) is 12.3. The van der Waals surface area contributed by atoms with Crippen molar-refractivity contribution in [1.29, 1.82) is 0 Å². The Hall–Kier alpha value is -2.17. The fourth-order valence-electron chi connectivity index (χ4n) is 2.50. The average Bonchev–Trinajstić information content (AvgIpc) is 2.50. The van der Waals surface area contributed by atoms with Crippen molar-refractivity contribution >= 4 is 18.0 Å².